The van der Waals surface area contributed by atoms with Crippen LogP contribution in [-0.2, 0) is 9.59 Å². The van der Waals surface area contributed by atoms with E-state index < -0.39 is 18.2 Å². The van der Waals surface area contributed by atoms with E-state index in [0.717, 1.165) is 8.95 Å². The van der Waals surface area contributed by atoms with E-state index in [1.165, 1.54) is 24.6 Å². The highest BCUT2D eigenvalue weighted by Gasteiger charge is 2.08. The Morgan fingerprint density at radius 3 is 1.67 bits per heavy atom. The van der Waals surface area contributed by atoms with Crippen LogP contribution in [0.15, 0.2) is 55.5 Å². The molecule has 10 heteroatoms. The fourth-order valence-electron chi connectivity index (χ4n) is 1.83. The zero-order valence-corrected chi connectivity index (χ0v) is 16.9. The number of halogens is 2. The minimum Gasteiger partial charge on any atom is -0.507 e. The van der Waals surface area contributed by atoms with Gasteiger partial charge in [-0.05, 0) is 36.4 Å². The summed E-state index contributed by atoms with van der Waals surface area (Å²) in [5.74, 6) is -1.31. The number of nitrogens with one attached hydrogen (secondary N) is 2. The molecule has 2 aromatic carbocycles. The molecule has 2 aromatic rings. The van der Waals surface area contributed by atoms with Gasteiger partial charge in [0, 0.05) is 20.1 Å². The van der Waals surface area contributed by atoms with Gasteiger partial charge in [-0.15, -0.1) is 0 Å². The van der Waals surface area contributed by atoms with Crippen LogP contribution in [0.25, 0.3) is 0 Å². The first kappa shape index (κ1) is 20.6. The summed E-state index contributed by atoms with van der Waals surface area (Å²) < 4.78 is 1.48. The molecule has 2 rings (SSSR count). The van der Waals surface area contributed by atoms with Gasteiger partial charge >= 0.3 is 0 Å². The Morgan fingerprint density at radius 1 is 0.852 bits per heavy atom. The Hall–Kier alpha value is -2.72. The lowest BCUT2D eigenvalue weighted by Crippen LogP contribution is -2.27. The third kappa shape index (κ3) is 6.83. The summed E-state index contributed by atoms with van der Waals surface area (Å²) in [7, 11) is 0. The van der Waals surface area contributed by atoms with E-state index in [0.29, 0.717) is 11.1 Å². The molecular weight excluding hydrogens is 484 g/mol. The van der Waals surface area contributed by atoms with Gasteiger partial charge in [-0.25, -0.2) is 10.9 Å². The maximum atomic E-state index is 11.7. The van der Waals surface area contributed by atoms with Crippen molar-refractivity contribution in [3.05, 3.63) is 56.5 Å². The number of amides is 2. The molecule has 0 atom stereocenters. The van der Waals surface area contributed by atoms with E-state index in [1.54, 1.807) is 24.3 Å². The van der Waals surface area contributed by atoms with Crippen molar-refractivity contribution in [1.82, 2.24) is 10.9 Å². The number of hydrazone groups is 2. The Morgan fingerprint density at radius 2 is 1.26 bits per heavy atom. The number of benzene rings is 2. The number of hydrogen-bond acceptors (Lipinski definition) is 6. The molecule has 2 amide bonds. The number of phenols is 2. The summed E-state index contributed by atoms with van der Waals surface area (Å²) in [6.07, 6.45) is 2.01. The Balaban J connectivity index is 1.82. The average molecular weight is 498 g/mol. The fraction of sp³-hybridized carbons (Fsp3) is 0.0588. The standard InChI is InChI=1S/C17H14Br2N4O4/c18-12-1-3-14(24)10(5-12)8-20-22-16(26)7-17(27)23-21-9-11-6-13(19)2-4-15(11)25/h1-6,8-9,24-25H,7H2,(H,22,26)(H,23,27)/b20-8-,21-9-. The van der Waals surface area contributed by atoms with E-state index in [-0.39, 0.29) is 11.5 Å². The smallest absolute Gasteiger partial charge is 0.249 e. The van der Waals surface area contributed by atoms with Crippen LogP contribution in [0.5, 0.6) is 11.5 Å². The van der Waals surface area contributed by atoms with Gasteiger partial charge in [0.25, 0.3) is 0 Å². The van der Waals surface area contributed by atoms with Crippen molar-refractivity contribution in [1.29, 1.82) is 0 Å². The van der Waals surface area contributed by atoms with Crippen LogP contribution in [0.4, 0.5) is 0 Å². The first-order valence-electron chi connectivity index (χ1n) is 7.46. The molecule has 0 saturated heterocycles. The Labute approximate surface area is 171 Å². The number of hydrogen-bond donors (Lipinski definition) is 4. The lowest BCUT2D eigenvalue weighted by atomic mass is 10.2. The van der Waals surface area contributed by atoms with E-state index in [2.05, 4.69) is 52.9 Å². The summed E-state index contributed by atoms with van der Waals surface area (Å²) in [5.41, 5.74) is 5.15. The molecule has 0 fully saturated rings. The SMILES string of the molecule is O=C(CC(=O)N/N=C\c1cc(Br)ccc1O)N/N=C\c1cc(Br)ccc1O. The molecule has 27 heavy (non-hydrogen) atoms. The van der Waals surface area contributed by atoms with Crippen molar-refractivity contribution < 1.29 is 19.8 Å². The fourth-order valence-corrected chi connectivity index (χ4v) is 2.59. The van der Waals surface area contributed by atoms with Gasteiger partial charge < -0.3 is 10.2 Å². The zero-order valence-electron chi connectivity index (χ0n) is 13.7. The first-order valence-corrected chi connectivity index (χ1v) is 9.04. The van der Waals surface area contributed by atoms with E-state index in [4.69, 9.17) is 0 Å². The lowest BCUT2D eigenvalue weighted by molar-refractivity contribution is -0.129. The van der Waals surface area contributed by atoms with Gasteiger partial charge in [0.05, 0.1) is 12.4 Å². The highest BCUT2D eigenvalue weighted by molar-refractivity contribution is 9.10. The van der Waals surface area contributed by atoms with Gasteiger partial charge in [0.2, 0.25) is 11.8 Å². The summed E-state index contributed by atoms with van der Waals surface area (Å²) in [4.78, 5) is 23.3. The molecule has 140 valence electrons. The number of aromatic hydroxyl groups is 2. The van der Waals surface area contributed by atoms with Gasteiger partial charge in [-0.1, -0.05) is 31.9 Å². The number of carbonyl (C=O) groups excluding carboxylic acids is 2. The quantitative estimate of drug-likeness (QED) is 0.278. The van der Waals surface area contributed by atoms with Gasteiger partial charge in [0.1, 0.15) is 17.9 Å². The number of carbonyl (C=O) groups is 2. The molecule has 0 spiro atoms. The van der Waals surface area contributed by atoms with Gasteiger partial charge in [-0.2, -0.15) is 10.2 Å². The van der Waals surface area contributed by atoms with Crippen molar-refractivity contribution in [2.45, 2.75) is 6.42 Å². The predicted molar refractivity (Wildman–Crippen MR) is 108 cm³/mol. The topological polar surface area (TPSA) is 123 Å². The van der Waals surface area contributed by atoms with Crippen molar-refractivity contribution in [2.24, 2.45) is 10.2 Å². The van der Waals surface area contributed by atoms with Crippen LogP contribution in [0.1, 0.15) is 17.5 Å². The predicted octanol–water partition coefficient (Wildman–Crippen LogP) is 2.61. The van der Waals surface area contributed by atoms with E-state index >= 15 is 0 Å². The zero-order chi connectivity index (χ0) is 19.8. The molecule has 8 nitrogen and oxygen atoms in total. The summed E-state index contributed by atoms with van der Waals surface area (Å²) >= 11 is 6.51. The summed E-state index contributed by atoms with van der Waals surface area (Å²) in [6.45, 7) is 0. The molecule has 0 radical (unpaired) electrons. The van der Waals surface area contributed by atoms with Crippen LogP contribution in [0, 0.1) is 0 Å². The average Bonchev–Trinajstić information content (AvgIpc) is 2.61. The lowest BCUT2D eigenvalue weighted by Gasteiger charge is -2.01. The summed E-state index contributed by atoms with van der Waals surface area (Å²) in [6, 6.07) is 9.49. The highest BCUT2D eigenvalue weighted by atomic mass is 79.9. The number of rotatable bonds is 6. The molecule has 0 aromatic heterocycles. The normalized spacial score (nSPS) is 11.0. The summed E-state index contributed by atoms with van der Waals surface area (Å²) in [5, 5.41) is 26.7. The second-order valence-electron chi connectivity index (χ2n) is 5.17. The maximum Gasteiger partial charge on any atom is 0.249 e. The molecule has 0 bridgehead atoms. The molecule has 0 aliphatic heterocycles. The minimum absolute atomic E-state index is 0.000851. The largest absolute Gasteiger partial charge is 0.507 e. The minimum atomic E-state index is -0.654. The van der Waals surface area contributed by atoms with Crippen LogP contribution >= 0.6 is 31.9 Å². The van der Waals surface area contributed by atoms with Crippen molar-refractivity contribution in [3.63, 3.8) is 0 Å². The second-order valence-corrected chi connectivity index (χ2v) is 7.00. The highest BCUT2D eigenvalue weighted by Crippen LogP contribution is 2.20. The molecular formula is C17H14Br2N4O4. The number of phenolic OH excluding ortho intramolecular Hbond substituents is 2. The molecule has 4 N–H and O–H groups in total. The molecule has 0 aliphatic rings. The number of nitrogens with zero attached hydrogens (tertiary/aromatic N) is 2. The van der Waals surface area contributed by atoms with Crippen molar-refractivity contribution >= 4 is 56.1 Å². The third-order valence-corrected chi connectivity index (χ3v) is 4.07. The molecule has 0 unspecified atom stereocenters. The second kappa shape index (κ2) is 9.83. The molecule has 0 aliphatic carbocycles. The van der Waals surface area contributed by atoms with E-state index in [9.17, 15) is 19.8 Å². The monoisotopic (exact) mass is 496 g/mol. The van der Waals surface area contributed by atoms with Gasteiger partial charge in [-0.3, -0.25) is 9.59 Å². The van der Waals surface area contributed by atoms with Crippen LogP contribution in [0.2, 0.25) is 0 Å². The first-order chi connectivity index (χ1) is 12.8. The van der Waals surface area contributed by atoms with Crippen LogP contribution < -0.4 is 10.9 Å². The molecule has 0 heterocycles. The molecule has 0 saturated carbocycles. The Kier molecular flexibility index (Phi) is 7.50. The van der Waals surface area contributed by atoms with Gasteiger partial charge in [0.15, 0.2) is 0 Å². The van der Waals surface area contributed by atoms with Crippen LogP contribution in [-0.4, -0.2) is 34.5 Å². The van der Waals surface area contributed by atoms with Crippen LogP contribution in [0.3, 0.4) is 0 Å². The van der Waals surface area contributed by atoms with Crippen molar-refractivity contribution in [2.75, 3.05) is 0 Å². The Bertz CT molecular complexity index is 842. The van der Waals surface area contributed by atoms with E-state index in [1.807, 2.05) is 0 Å². The third-order valence-electron chi connectivity index (χ3n) is 3.09. The van der Waals surface area contributed by atoms with Crippen molar-refractivity contribution in [3.8, 4) is 11.5 Å². The maximum absolute atomic E-state index is 11.7.